The van der Waals surface area contributed by atoms with Gasteiger partial charge in [-0.2, -0.15) is 18.3 Å². The molecule has 6 rings (SSSR count). The molecule has 2 amide bonds. The Morgan fingerprint density at radius 1 is 0.833 bits per heavy atom. The van der Waals surface area contributed by atoms with Crippen LogP contribution in [-0.4, -0.2) is 42.5 Å². The molecule has 0 spiro atoms. The number of nitrogens with one attached hydrogen (secondary N) is 2. The number of carbonyl (C=O) groups excluding carboxylic acids is 2. The molecule has 0 aliphatic rings. The summed E-state index contributed by atoms with van der Waals surface area (Å²) in [5.74, 6) is -1.000. The number of carbonyl (C=O) groups is 2. The Labute approximate surface area is 308 Å². The van der Waals surface area contributed by atoms with Crippen LogP contribution in [0.3, 0.4) is 0 Å². The minimum atomic E-state index is -4.73. The summed E-state index contributed by atoms with van der Waals surface area (Å²) in [7, 11) is 0. The summed E-state index contributed by atoms with van der Waals surface area (Å²) in [6.45, 7) is 14.6. The number of nitrogens with zero attached hydrogens (tertiary/aromatic N) is 5. The molecule has 0 bridgehead atoms. The molecule has 0 unspecified atom stereocenters. The summed E-state index contributed by atoms with van der Waals surface area (Å²) in [5, 5.41) is 11.1. The maximum atomic E-state index is 12.9. The summed E-state index contributed by atoms with van der Waals surface area (Å²) in [4.78, 5) is 31.4. The van der Waals surface area contributed by atoms with Crippen LogP contribution in [0.15, 0.2) is 105 Å². The van der Waals surface area contributed by atoms with E-state index in [-0.39, 0.29) is 27.0 Å². The van der Waals surface area contributed by atoms with Crippen molar-refractivity contribution in [1.29, 1.82) is 0 Å². The first-order chi connectivity index (χ1) is 25.5. The lowest BCUT2D eigenvalue weighted by atomic mass is 10.1. The number of amides is 2. The van der Waals surface area contributed by atoms with E-state index in [4.69, 9.17) is 0 Å². The highest BCUT2D eigenvalue weighted by molar-refractivity contribution is 6.00. The molecule has 54 heavy (non-hydrogen) atoms. The Morgan fingerprint density at radius 3 is 1.96 bits per heavy atom. The number of aryl methyl sites for hydroxylation is 2. The number of aromatic nitrogens is 5. The third kappa shape index (κ3) is 10.1. The molecule has 2 N–H and O–H groups in total. The van der Waals surface area contributed by atoms with Crippen molar-refractivity contribution in [2.75, 3.05) is 10.6 Å². The average Bonchev–Trinajstić information content (AvgIpc) is 3.63. The molecule has 286 valence electrons. The van der Waals surface area contributed by atoms with Crippen molar-refractivity contribution < 1.29 is 43.5 Å². The monoisotopic (exact) mass is 755 g/mol. The second-order valence-electron chi connectivity index (χ2n) is 11.2. The van der Waals surface area contributed by atoms with Gasteiger partial charge in [-0.3, -0.25) is 9.59 Å². The Kier molecular flexibility index (Phi) is 12.6. The van der Waals surface area contributed by atoms with Gasteiger partial charge in [0.15, 0.2) is 5.65 Å². The van der Waals surface area contributed by atoms with Gasteiger partial charge in [0, 0.05) is 25.5 Å². The van der Waals surface area contributed by atoms with Crippen LogP contribution in [0, 0.1) is 13.8 Å². The van der Waals surface area contributed by atoms with Crippen LogP contribution in [0.1, 0.15) is 39.1 Å². The third-order valence-electron chi connectivity index (χ3n) is 7.46. The van der Waals surface area contributed by atoms with E-state index in [0.717, 1.165) is 35.2 Å². The number of fused-ring (bicyclic) bond motifs is 2. The van der Waals surface area contributed by atoms with Gasteiger partial charge < -0.3 is 19.9 Å². The number of benzene rings is 2. The molecule has 0 radical (unpaired) electrons. The number of pyridine rings is 2. The summed E-state index contributed by atoms with van der Waals surface area (Å²) >= 11 is 0. The molecule has 4 aromatic heterocycles. The zero-order valence-corrected chi connectivity index (χ0v) is 29.5. The lowest BCUT2D eigenvalue weighted by molar-refractivity contribution is -0.274. The Hall–Kier alpha value is -6.45. The summed E-state index contributed by atoms with van der Waals surface area (Å²) in [5.41, 5.74) is 4.11. The molecule has 0 aliphatic carbocycles. The van der Waals surface area contributed by atoms with Crippen LogP contribution in [0.25, 0.3) is 27.8 Å². The van der Waals surface area contributed by atoms with Crippen LogP contribution in [0.2, 0.25) is 0 Å². The third-order valence-corrected chi connectivity index (χ3v) is 7.46. The highest BCUT2D eigenvalue weighted by atomic mass is 19.4. The normalized spacial score (nSPS) is 11.1. The van der Waals surface area contributed by atoms with E-state index in [0.29, 0.717) is 45.0 Å². The number of ether oxygens (including phenoxy) is 1. The summed E-state index contributed by atoms with van der Waals surface area (Å²) in [6.07, 6.45) is -2.04. The predicted molar refractivity (Wildman–Crippen MR) is 199 cm³/mol. The number of anilines is 2. The highest BCUT2D eigenvalue weighted by Crippen LogP contribution is 2.31. The molecule has 0 atom stereocenters. The zero-order chi connectivity index (χ0) is 39.8. The quantitative estimate of drug-likeness (QED) is 0.118. The molecule has 0 saturated carbocycles. The van der Waals surface area contributed by atoms with Gasteiger partial charge in [-0.05, 0) is 85.7 Å². The predicted octanol–water partition coefficient (Wildman–Crippen LogP) is 9.81. The largest absolute Gasteiger partial charge is 0.573 e. The molecule has 0 aliphatic heterocycles. The van der Waals surface area contributed by atoms with E-state index in [1.54, 1.807) is 34.4 Å². The zero-order valence-electron chi connectivity index (χ0n) is 29.5. The van der Waals surface area contributed by atoms with E-state index in [9.17, 15) is 35.9 Å². The first-order valence-electron chi connectivity index (χ1n) is 16.2. The van der Waals surface area contributed by atoms with Gasteiger partial charge >= 0.3 is 12.5 Å². The van der Waals surface area contributed by atoms with Crippen molar-refractivity contribution in [3.63, 3.8) is 0 Å². The van der Waals surface area contributed by atoms with Gasteiger partial charge in [0.25, 0.3) is 0 Å². The van der Waals surface area contributed by atoms with Crippen LogP contribution in [-0.2, 0) is 22.3 Å². The number of halogens is 6. The lowest BCUT2D eigenvalue weighted by Crippen LogP contribution is -2.17. The second kappa shape index (κ2) is 16.9. The molecule has 16 heteroatoms. The Morgan fingerprint density at radius 2 is 1.41 bits per heavy atom. The van der Waals surface area contributed by atoms with E-state index in [2.05, 4.69) is 43.6 Å². The molecule has 2 aromatic carbocycles. The number of hydrogen-bond acceptors (Lipinski definition) is 6. The Bertz CT molecular complexity index is 2300. The van der Waals surface area contributed by atoms with Gasteiger partial charge in [0.2, 0.25) is 11.8 Å². The van der Waals surface area contributed by atoms with Crippen LogP contribution < -0.4 is 15.4 Å². The van der Waals surface area contributed by atoms with Crippen LogP contribution in [0.5, 0.6) is 5.75 Å². The average molecular weight is 756 g/mol. The summed E-state index contributed by atoms with van der Waals surface area (Å²) in [6, 6.07) is 14.1. The SMILES string of the molecule is C=CC(=O)Nc1cnc2c(c1)c(C)cn2-c1ccc(OC(F)(F)F)cc1.C=CC(=O)Nc1cnc2c(c1)c(C)nn2Cc1cccc(C(F)(F)F)c1.CC.[HH].[HH]. The van der Waals surface area contributed by atoms with Gasteiger partial charge in [-0.1, -0.05) is 39.1 Å². The van der Waals surface area contributed by atoms with Gasteiger partial charge in [-0.15, -0.1) is 13.2 Å². The van der Waals surface area contributed by atoms with Gasteiger partial charge in [-0.25, -0.2) is 14.6 Å². The fourth-order valence-electron chi connectivity index (χ4n) is 5.13. The van der Waals surface area contributed by atoms with Crippen molar-refractivity contribution in [2.24, 2.45) is 0 Å². The molecule has 0 fully saturated rings. The van der Waals surface area contributed by atoms with Crippen molar-refractivity contribution in [3.05, 3.63) is 127 Å². The molecule has 4 heterocycles. The van der Waals surface area contributed by atoms with Crippen molar-refractivity contribution in [2.45, 2.75) is 46.8 Å². The van der Waals surface area contributed by atoms with Crippen molar-refractivity contribution >= 4 is 45.3 Å². The maximum Gasteiger partial charge on any atom is 0.573 e. The lowest BCUT2D eigenvalue weighted by Gasteiger charge is -2.10. The topological polar surface area (TPSA) is 116 Å². The fourth-order valence-corrected chi connectivity index (χ4v) is 5.13. The van der Waals surface area contributed by atoms with Gasteiger partial charge in [0.05, 0.1) is 41.6 Å². The minimum absolute atomic E-state index is 0. The van der Waals surface area contributed by atoms with E-state index < -0.39 is 18.1 Å². The van der Waals surface area contributed by atoms with Crippen LogP contribution in [0.4, 0.5) is 37.7 Å². The van der Waals surface area contributed by atoms with E-state index in [1.165, 1.54) is 42.7 Å². The first-order valence-corrected chi connectivity index (χ1v) is 16.2. The highest BCUT2D eigenvalue weighted by Gasteiger charge is 2.31. The number of hydrogen-bond donors (Lipinski definition) is 2. The second-order valence-corrected chi connectivity index (χ2v) is 11.2. The number of rotatable bonds is 8. The maximum absolute atomic E-state index is 12.9. The molecule has 6 aromatic rings. The molecular weight excluding hydrogens is 716 g/mol. The van der Waals surface area contributed by atoms with Crippen molar-refractivity contribution in [1.82, 2.24) is 24.3 Å². The molecule has 10 nitrogen and oxygen atoms in total. The number of alkyl halides is 6. The first kappa shape index (κ1) is 40.3. The van der Waals surface area contributed by atoms with E-state index >= 15 is 0 Å². The van der Waals surface area contributed by atoms with Gasteiger partial charge in [0.1, 0.15) is 11.4 Å². The molecular formula is C38H39F6N7O3. The molecule has 0 saturated heterocycles. The fraction of sp³-hybridized carbons (Fsp3) is 0.184. The van der Waals surface area contributed by atoms with Crippen molar-refractivity contribution in [3.8, 4) is 11.4 Å². The minimum Gasteiger partial charge on any atom is -0.406 e. The van der Waals surface area contributed by atoms with E-state index in [1.807, 2.05) is 27.0 Å². The van der Waals surface area contributed by atoms with Crippen LogP contribution >= 0.6 is 0 Å². The summed E-state index contributed by atoms with van der Waals surface area (Å²) < 4.78 is 82.5. The standard InChI is InChI=1S/C18H15F3N4O.C18H14F3N3O2.C2H6.2H2/c1-3-16(26)23-14-8-15-11(2)24-25(17(15)22-9-14)10-12-5-4-6-13(7-12)18(19,20)21;1-3-16(25)23-12-8-15-11(2)10-24(17(15)22-9-12)13-4-6-14(7-5-13)26-18(19,20)21;1-2;;/h3-9H,1,10H2,2H3,(H,23,26);3-10H,1H2,2H3,(H,23,25);1-2H3;2*1H. The Balaban J connectivity index is 0.000000358. The smallest absolute Gasteiger partial charge is 0.406 e.